The molecular formula is C23H28N2O7. The number of aliphatic hydroxyl groups excluding tert-OH is 1. The highest BCUT2D eigenvalue weighted by Gasteiger charge is 2.29. The second-order valence-corrected chi connectivity index (χ2v) is 7.51. The van der Waals surface area contributed by atoms with Crippen molar-refractivity contribution in [3.8, 4) is 23.0 Å². The molecule has 2 unspecified atom stereocenters. The maximum atomic E-state index is 13.2. The Balaban J connectivity index is 2.05. The van der Waals surface area contributed by atoms with Gasteiger partial charge in [0.2, 0.25) is 0 Å². The second-order valence-electron chi connectivity index (χ2n) is 7.51. The molecule has 1 aliphatic heterocycles. The fraction of sp³-hybridized carbons (Fsp3) is 0.391. The van der Waals surface area contributed by atoms with E-state index in [4.69, 9.17) is 24.7 Å². The van der Waals surface area contributed by atoms with Crippen LogP contribution in [0.5, 0.6) is 23.0 Å². The van der Waals surface area contributed by atoms with E-state index >= 15 is 0 Å². The Bertz CT molecular complexity index is 969. The van der Waals surface area contributed by atoms with Gasteiger partial charge in [-0.05, 0) is 38.1 Å². The number of benzene rings is 2. The number of methoxy groups -OCH3 is 1. The number of primary amides is 1. The molecule has 2 atom stereocenters. The van der Waals surface area contributed by atoms with Crippen molar-refractivity contribution in [3.63, 3.8) is 0 Å². The standard InChI is InChI=1S/C23H28N2O7/c1-14-12-25(13-15(2)31-14)23(28)16-10-17(22(24)27)21(20(11-16)30-9-8-26)32-19-7-5-4-6-18(19)29-3/h4-7,10-11,14-15,26H,8-9,12-13H2,1-3H3,(H2,24,27). The number of amides is 2. The zero-order valence-corrected chi connectivity index (χ0v) is 18.4. The molecule has 172 valence electrons. The number of ether oxygens (including phenoxy) is 4. The van der Waals surface area contributed by atoms with Crippen molar-refractivity contribution < 1.29 is 33.6 Å². The summed E-state index contributed by atoms with van der Waals surface area (Å²) in [5.41, 5.74) is 5.83. The first-order valence-corrected chi connectivity index (χ1v) is 10.3. The third-order valence-corrected chi connectivity index (χ3v) is 4.90. The molecule has 0 saturated carbocycles. The zero-order chi connectivity index (χ0) is 23.3. The summed E-state index contributed by atoms with van der Waals surface area (Å²) >= 11 is 0. The molecule has 3 rings (SSSR count). The number of rotatable bonds is 8. The maximum absolute atomic E-state index is 13.2. The smallest absolute Gasteiger partial charge is 0.254 e. The lowest BCUT2D eigenvalue weighted by molar-refractivity contribution is -0.0586. The topological polar surface area (TPSA) is 121 Å². The van der Waals surface area contributed by atoms with Crippen LogP contribution in [0.2, 0.25) is 0 Å². The Hall–Kier alpha value is -3.30. The van der Waals surface area contributed by atoms with Gasteiger partial charge < -0.3 is 34.7 Å². The lowest BCUT2D eigenvalue weighted by atomic mass is 10.1. The molecule has 1 saturated heterocycles. The van der Waals surface area contributed by atoms with Gasteiger partial charge in [0.15, 0.2) is 23.0 Å². The molecule has 1 fully saturated rings. The van der Waals surface area contributed by atoms with Crippen molar-refractivity contribution in [2.45, 2.75) is 26.1 Å². The van der Waals surface area contributed by atoms with Gasteiger partial charge in [0.1, 0.15) is 6.61 Å². The third kappa shape index (κ3) is 5.30. The van der Waals surface area contributed by atoms with Crippen molar-refractivity contribution in [2.75, 3.05) is 33.4 Å². The maximum Gasteiger partial charge on any atom is 0.254 e. The number of para-hydroxylation sites is 2. The molecular weight excluding hydrogens is 416 g/mol. The highest BCUT2D eigenvalue weighted by molar-refractivity contribution is 6.02. The second kappa shape index (κ2) is 10.3. The summed E-state index contributed by atoms with van der Waals surface area (Å²) in [6, 6.07) is 9.76. The summed E-state index contributed by atoms with van der Waals surface area (Å²) in [7, 11) is 1.49. The highest BCUT2D eigenvalue weighted by Crippen LogP contribution is 2.40. The van der Waals surface area contributed by atoms with E-state index in [0.717, 1.165) is 0 Å². The Morgan fingerprint density at radius 1 is 1.12 bits per heavy atom. The van der Waals surface area contributed by atoms with Crippen molar-refractivity contribution in [1.82, 2.24) is 4.90 Å². The van der Waals surface area contributed by atoms with Gasteiger partial charge in [-0.1, -0.05) is 12.1 Å². The van der Waals surface area contributed by atoms with E-state index in [0.29, 0.717) is 24.6 Å². The van der Waals surface area contributed by atoms with E-state index < -0.39 is 5.91 Å². The van der Waals surface area contributed by atoms with Crippen LogP contribution in [0.25, 0.3) is 0 Å². The van der Waals surface area contributed by atoms with E-state index in [2.05, 4.69) is 0 Å². The Morgan fingerprint density at radius 3 is 2.38 bits per heavy atom. The van der Waals surface area contributed by atoms with E-state index in [1.807, 2.05) is 13.8 Å². The summed E-state index contributed by atoms with van der Waals surface area (Å²) in [5, 5.41) is 9.24. The number of hydrogen-bond donors (Lipinski definition) is 2. The molecule has 2 amide bonds. The summed E-state index contributed by atoms with van der Waals surface area (Å²) in [6.07, 6.45) is -0.229. The first-order valence-electron chi connectivity index (χ1n) is 10.3. The number of hydrogen-bond acceptors (Lipinski definition) is 7. The fourth-order valence-electron chi connectivity index (χ4n) is 3.62. The normalized spacial score (nSPS) is 18.2. The van der Waals surface area contributed by atoms with Crippen LogP contribution in [0.15, 0.2) is 36.4 Å². The van der Waals surface area contributed by atoms with Crippen molar-refractivity contribution in [2.24, 2.45) is 5.73 Å². The van der Waals surface area contributed by atoms with Crippen LogP contribution in [0, 0.1) is 0 Å². The van der Waals surface area contributed by atoms with Gasteiger partial charge in [0.05, 0.1) is 31.5 Å². The minimum absolute atomic E-state index is 0.0240. The van der Waals surface area contributed by atoms with Gasteiger partial charge in [0.25, 0.3) is 11.8 Å². The lowest BCUT2D eigenvalue weighted by Gasteiger charge is -2.35. The molecule has 2 aromatic rings. The summed E-state index contributed by atoms with van der Waals surface area (Å²) in [5.74, 6) is -0.155. The van der Waals surface area contributed by atoms with E-state index in [9.17, 15) is 14.7 Å². The number of carbonyl (C=O) groups excluding carboxylic acids is 2. The van der Waals surface area contributed by atoms with Gasteiger partial charge >= 0.3 is 0 Å². The monoisotopic (exact) mass is 444 g/mol. The van der Waals surface area contributed by atoms with Crippen molar-refractivity contribution in [1.29, 1.82) is 0 Å². The van der Waals surface area contributed by atoms with Crippen LogP contribution in [0.4, 0.5) is 0 Å². The average Bonchev–Trinajstić information content (AvgIpc) is 2.77. The zero-order valence-electron chi connectivity index (χ0n) is 18.4. The number of nitrogens with two attached hydrogens (primary N) is 1. The number of morpholine rings is 1. The van der Waals surface area contributed by atoms with Crippen LogP contribution in [0.1, 0.15) is 34.6 Å². The summed E-state index contributed by atoms with van der Waals surface area (Å²) in [6.45, 7) is 4.29. The first-order chi connectivity index (χ1) is 15.3. The molecule has 1 aliphatic rings. The van der Waals surface area contributed by atoms with E-state index in [1.165, 1.54) is 19.2 Å². The summed E-state index contributed by atoms with van der Waals surface area (Å²) in [4.78, 5) is 27.2. The molecule has 2 aromatic carbocycles. The van der Waals surface area contributed by atoms with E-state index in [1.54, 1.807) is 29.2 Å². The molecule has 3 N–H and O–H groups in total. The van der Waals surface area contributed by atoms with E-state index in [-0.39, 0.29) is 54.0 Å². The minimum Gasteiger partial charge on any atom is -0.493 e. The number of carbonyl (C=O) groups is 2. The number of aliphatic hydroxyl groups is 1. The van der Waals surface area contributed by atoms with Gasteiger partial charge in [-0.3, -0.25) is 9.59 Å². The van der Waals surface area contributed by atoms with Crippen LogP contribution < -0.4 is 19.9 Å². The molecule has 1 heterocycles. The minimum atomic E-state index is -0.790. The molecule has 0 aliphatic carbocycles. The van der Waals surface area contributed by atoms with Crippen LogP contribution in [-0.2, 0) is 4.74 Å². The molecule has 0 spiro atoms. The average molecular weight is 444 g/mol. The molecule has 0 aromatic heterocycles. The van der Waals surface area contributed by atoms with Gasteiger partial charge in [-0.25, -0.2) is 0 Å². The largest absolute Gasteiger partial charge is 0.493 e. The van der Waals surface area contributed by atoms with Gasteiger partial charge in [-0.15, -0.1) is 0 Å². The van der Waals surface area contributed by atoms with Gasteiger partial charge in [0, 0.05) is 18.7 Å². The van der Waals surface area contributed by atoms with Gasteiger partial charge in [-0.2, -0.15) is 0 Å². The predicted octanol–water partition coefficient (Wildman–Crippen LogP) is 2.21. The Morgan fingerprint density at radius 2 is 1.78 bits per heavy atom. The van der Waals surface area contributed by atoms with Crippen LogP contribution >= 0.6 is 0 Å². The fourth-order valence-corrected chi connectivity index (χ4v) is 3.62. The lowest BCUT2D eigenvalue weighted by Crippen LogP contribution is -2.48. The molecule has 32 heavy (non-hydrogen) atoms. The predicted molar refractivity (Wildman–Crippen MR) is 117 cm³/mol. The summed E-state index contributed by atoms with van der Waals surface area (Å²) < 4.78 is 22.6. The molecule has 9 heteroatoms. The Kier molecular flexibility index (Phi) is 7.55. The van der Waals surface area contributed by atoms with Crippen LogP contribution in [0.3, 0.4) is 0 Å². The Labute approximate surface area is 186 Å². The number of nitrogens with zero attached hydrogens (tertiary/aromatic N) is 1. The highest BCUT2D eigenvalue weighted by atomic mass is 16.5. The molecule has 0 bridgehead atoms. The SMILES string of the molecule is COc1ccccc1Oc1c(OCCO)cc(C(=O)N2CC(C)OC(C)C2)cc1C(N)=O. The van der Waals surface area contributed by atoms with Crippen LogP contribution in [-0.4, -0.2) is 67.4 Å². The third-order valence-electron chi connectivity index (χ3n) is 4.90. The van der Waals surface area contributed by atoms with Crippen molar-refractivity contribution >= 4 is 11.8 Å². The molecule has 9 nitrogen and oxygen atoms in total. The quantitative estimate of drug-likeness (QED) is 0.640. The first kappa shape index (κ1) is 23.4. The molecule has 0 radical (unpaired) electrons. The van der Waals surface area contributed by atoms with Crippen molar-refractivity contribution in [3.05, 3.63) is 47.5 Å².